The van der Waals surface area contributed by atoms with Gasteiger partial charge in [0, 0.05) is 30.8 Å². The van der Waals surface area contributed by atoms with Gasteiger partial charge in [0.25, 0.3) is 5.91 Å². The minimum atomic E-state index is -4.95. The second kappa shape index (κ2) is 12.2. The summed E-state index contributed by atoms with van der Waals surface area (Å²) in [6.07, 6.45) is -6.79. The van der Waals surface area contributed by atoms with Crippen LogP contribution in [0, 0.1) is 11.3 Å². The third kappa shape index (κ3) is 7.33. The molecule has 0 bridgehead atoms. The number of nitrogens with zero attached hydrogens (tertiary/aromatic N) is 2. The normalized spacial score (nSPS) is 21.4. The van der Waals surface area contributed by atoms with E-state index in [1.807, 2.05) is 20.8 Å². The van der Waals surface area contributed by atoms with Gasteiger partial charge in [0.1, 0.15) is 23.7 Å². The highest BCUT2D eigenvalue weighted by Gasteiger charge is 2.41. The number of hydrogen-bond donors (Lipinski definition) is 1. The molecule has 2 heterocycles. The number of fused-ring (bicyclic) bond motifs is 1. The van der Waals surface area contributed by atoms with Gasteiger partial charge in [-0.3, -0.25) is 14.4 Å². The molecule has 42 heavy (non-hydrogen) atoms. The smallest absolute Gasteiger partial charge is 0.496 e. The quantitative estimate of drug-likeness (QED) is 0.473. The van der Waals surface area contributed by atoms with Crippen LogP contribution in [0.5, 0.6) is 11.5 Å². The van der Waals surface area contributed by atoms with E-state index in [0.29, 0.717) is 36.4 Å². The number of piperidine rings is 1. The van der Waals surface area contributed by atoms with Gasteiger partial charge >= 0.3 is 12.3 Å². The van der Waals surface area contributed by atoms with E-state index in [2.05, 4.69) is 4.74 Å². The van der Waals surface area contributed by atoms with Crippen LogP contribution in [0.1, 0.15) is 57.3 Å². The van der Waals surface area contributed by atoms with E-state index in [1.165, 1.54) is 29.0 Å². The number of carbonyl (C=O) groups excluding carboxylic acids is 2. The van der Waals surface area contributed by atoms with Crippen LogP contribution in [0.4, 0.5) is 18.9 Å². The number of likely N-dealkylation sites (tertiary alicyclic amines) is 1. The Morgan fingerprint density at radius 2 is 1.81 bits per heavy atom. The molecule has 2 aliphatic rings. The summed E-state index contributed by atoms with van der Waals surface area (Å²) in [5, 5.41) is 9.47. The highest BCUT2D eigenvalue weighted by Crippen LogP contribution is 2.44. The van der Waals surface area contributed by atoms with Crippen LogP contribution < -0.4 is 14.4 Å². The SMILES string of the molecule is COc1ccccc1C1OC(CC(=O)N2CCCC(C(=O)O)C2)C(=O)N(CC(C)(C)C)c2ccc(OC(F)(F)F)cc21. The Kier molecular flexibility index (Phi) is 9.05. The topological polar surface area (TPSA) is 106 Å². The molecule has 0 spiro atoms. The van der Waals surface area contributed by atoms with Crippen LogP contribution in [0.25, 0.3) is 0 Å². The number of rotatable bonds is 7. The van der Waals surface area contributed by atoms with Crippen molar-refractivity contribution < 1.29 is 46.9 Å². The summed E-state index contributed by atoms with van der Waals surface area (Å²) in [5.41, 5.74) is 0.559. The number of carbonyl (C=O) groups is 3. The van der Waals surface area contributed by atoms with Crippen molar-refractivity contribution in [3.8, 4) is 11.5 Å². The molecule has 12 heteroatoms. The first-order valence-electron chi connectivity index (χ1n) is 13.7. The molecular weight excluding hydrogens is 557 g/mol. The van der Waals surface area contributed by atoms with Crippen molar-refractivity contribution in [2.45, 2.75) is 58.6 Å². The number of carboxylic acid groups (broad SMARTS) is 1. The lowest BCUT2D eigenvalue weighted by Crippen LogP contribution is -2.47. The number of aliphatic carboxylic acids is 1. The maximum atomic E-state index is 14.1. The number of methoxy groups -OCH3 is 1. The van der Waals surface area contributed by atoms with Crippen molar-refractivity contribution in [3.05, 3.63) is 53.6 Å². The first kappa shape index (κ1) is 31.1. The Morgan fingerprint density at radius 1 is 1.10 bits per heavy atom. The van der Waals surface area contributed by atoms with E-state index in [-0.39, 0.29) is 25.1 Å². The molecule has 1 saturated heterocycles. The molecule has 2 aliphatic heterocycles. The van der Waals surface area contributed by atoms with Crippen molar-refractivity contribution in [1.82, 2.24) is 4.90 Å². The molecule has 4 rings (SSSR count). The van der Waals surface area contributed by atoms with Crippen molar-refractivity contribution in [2.24, 2.45) is 11.3 Å². The summed E-state index contributed by atoms with van der Waals surface area (Å²) in [6, 6.07) is 10.5. The largest absolute Gasteiger partial charge is 0.573 e. The lowest BCUT2D eigenvalue weighted by molar-refractivity contribution is -0.274. The second-order valence-electron chi connectivity index (χ2n) is 11.7. The third-order valence-corrected chi connectivity index (χ3v) is 7.18. The molecule has 3 atom stereocenters. The molecule has 3 unspecified atom stereocenters. The summed E-state index contributed by atoms with van der Waals surface area (Å²) in [4.78, 5) is 42.0. The minimum Gasteiger partial charge on any atom is -0.496 e. The van der Waals surface area contributed by atoms with Crippen molar-refractivity contribution in [1.29, 1.82) is 0 Å². The van der Waals surface area contributed by atoms with Crippen LogP contribution >= 0.6 is 0 Å². The number of anilines is 1. The molecule has 0 aliphatic carbocycles. The van der Waals surface area contributed by atoms with Crippen molar-refractivity contribution in [2.75, 3.05) is 31.6 Å². The van der Waals surface area contributed by atoms with Crippen LogP contribution in [0.2, 0.25) is 0 Å². The molecule has 228 valence electrons. The van der Waals surface area contributed by atoms with E-state index in [0.717, 1.165) is 6.07 Å². The molecule has 2 amide bonds. The predicted molar refractivity (Wildman–Crippen MR) is 146 cm³/mol. The zero-order chi connectivity index (χ0) is 30.8. The molecule has 0 aromatic heterocycles. The molecule has 2 aromatic carbocycles. The van der Waals surface area contributed by atoms with Gasteiger partial charge in [-0.25, -0.2) is 0 Å². The zero-order valence-electron chi connectivity index (χ0n) is 23.9. The first-order valence-corrected chi connectivity index (χ1v) is 13.7. The fourth-order valence-electron chi connectivity index (χ4n) is 5.36. The highest BCUT2D eigenvalue weighted by atomic mass is 19.4. The highest BCUT2D eigenvalue weighted by molar-refractivity contribution is 6.00. The summed E-state index contributed by atoms with van der Waals surface area (Å²) in [7, 11) is 1.44. The number of carboxylic acids is 1. The molecular formula is C30H35F3N2O7. The molecule has 1 fully saturated rings. The van der Waals surface area contributed by atoms with E-state index >= 15 is 0 Å². The van der Waals surface area contributed by atoms with E-state index in [1.54, 1.807) is 24.3 Å². The zero-order valence-corrected chi connectivity index (χ0v) is 23.9. The number of para-hydroxylation sites is 1. The van der Waals surface area contributed by atoms with Crippen LogP contribution in [0.15, 0.2) is 42.5 Å². The summed E-state index contributed by atoms with van der Waals surface area (Å²) >= 11 is 0. The van der Waals surface area contributed by atoms with Crippen LogP contribution in [-0.4, -0.2) is 67.0 Å². The fraction of sp³-hybridized carbons (Fsp3) is 0.500. The number of hydrogen-bond acceptors (Lipinski definition) is 6. The monoisotopic (exact) mass is 592 g/mol. The summed E-state index contributed by atoms with van der Waals surface area (Å²) in [5.74, 6) is -2.79. The number of amides is 2. The maximum Gasteiger partial charge on any atom is 0.573 e. The van der Waals surface area contributed by atoms with Crippen molar-refractivity contribution >= 4 is 23.5 Å². The average molecular weight is 593 g/mol. The van der Waals surface area contributed by atoms with Gasteiger partial charge in [-0.15, -0.1) is 13.2 Å². The lowest BCUT2D eigenvalue weighted by Gasteiger charge is -2.33. The van der Waals surface area contributed by atoms with E-state index in [4.69, 9.17) is 9.47 Å². The molecule has 1 N–H and O–H groups in total. The number of halogens is 3. The molecule has 9 nitrogen and oxygen atoms in total. The lowest BCUT2D eigenvalue weighted by atomic mass is 9.94. The Morgan fingerprint density at radius 3 is 2.45 bits per heavy atom. The first-order chi connectivity index (χ1) is 19.7. The Hall–Kier alpha value is -3.80. The number of ether oxygens (including phenoxy) is 3. The van der Waals surface area contributed by atoms with Crippen LogP contribution in [-0.2, 0) is 19.1 Å². The molecule has 0 saturated carbocycles. The fourth-order valence-corrected chi connectivity index (χ4v) is 5.36. The van der Waals surface area contributed by atoms with Gasteiger partial charge < -0.3 is 29.1 Å². The average Bonchev–Trinajstić information content (AvgIpc) is 3.01. The van der Waals surface area contributed by atoms with Gasteiger partial charge in [-0.2, -0.15) is 0 Å². The molecule has 0 radical (unpaired) electrons. The van der Waals surface area contributed by atoms with E-state index < -0.39 is 53.4 Å². The van der Waals surface area contributed by atoms with E-state index in [9.17, 15) is 32.7 Å². The Bertz CT molecular complexity index is 1320. The standard InChI is InChI=1S/C30H35F3N2O7/c1-29(2,3)17-35-22-12-11-19(42-30(31,32)33)14-21(22)26(20-9-5-6-10-23(20)40-4)41-24(27(35)37)15-25(36)34-13-7-8-18(16-34)28(38)39/h5-6,9-12,14,18,24,26H,7-8,13,15-17H2,1-4H3,(H,38,39). The maximum absolute atomic E-state index is 14.1. The minimum absolute atomic E-state index is 0.0229. The van der Waals surface area contributed by atoms with Crippen LogP contribution in [0.3, 0.4) is 0 Å². The van der Waals surface area contributed by atoms with Gasteiger partial charge in [0.15, 0.2) is 0 Å². The third-order valence-electron chi connectivity index (χ3n) is 7.18. The Balaban J connectivity index is 1.81. The molecule has 2 aromatic rings. The Labute approximate surface area is 242 Å². The predicted octanol–water partition coefficient (Wildman–Crippen LogP) is 5.17. The number of benzene rings is 2. The summed E-state index contributed by atoms with van der Waals surface area (Å²) < 4.78 is 55.7. The van der Waals surface area contributed by atoms with Crippen molar-refractivity contribution in [3.63, 3.8) is 0 Å². The second-order valence-corrected chi connectivity index (χ2v) is 11.7. The summed E-state index contributed by atoms with van der Waals surface area (Å²) in [6.45, 7) is 6.27. The number of alkyl halides is 3. The van der Waals surface area contributed by atoms with Gasteiger partial charge in [0.05, 0.1) is 25.1 Å². The van der Waals surface area contributed by atoms with Gasteiger partial charge in [-0.1, -0.05) is 39.0 Å². The van der Waals surface area contributed by atoms with Gasteiger partial charge in [0.2, 0.25) is 5.91 Å². The van der Waals surface area contributed by atoms with Gasteiger partial charge in [-0.05, 0) is 42.5 Å².